The second-order valence-corrected chi connectivity index (χ2v) is 5.22. The predicted molar refractivity (Wildman–Crippen MR) is 63.4 cm³/mol. The number of aliphatic hydroxyl groups excluding tert-OH is 1. The summed E-state index contributed by atoms with van der Waals surface area (Å²) < 4.78 is 0. The molecule has 2 nitrogen and oxygen atoms in total. The van der Waals surface area contributed by atoms with E-state index in [-0.39, 0.29) is 11.9 Å². The lowest BCUT2D eigenvalue weighted by atomic mass is 10.1. The van der Waals surface area contributed by atoms with Gasteiger partial charge in [-0.3, -0.25) is 0 Å². The number of hydrogen-bond donors (Lipinski definition) is 2. The lowest BCUT2D eigenvalue weighted by molar-refractivity contribution is 0.300. The fourth-order valence-electron chi connectivity index (χ4n) is 1.24. The van der Waals surface area contributed by atoms with E-state index in [0.29, 0.717) is 5.25 Å². The quantitative estimate of drug-likeness (QED) is 0.752. The van der Waals surface area contributed by atoms with Crippen molar-refractivity contribution in [2.75, 3.05) is 12.3 Å². The summed E-state index contributed by atoms with van der Waals surface area (Å²) in [5.74, 6) is 0. The van der Waals surface area contributed by atoms with Crippen molar-refractivity contribution in [3.05, 3.63) is 29.8 Å². The lowest BCUT2D eigenvalue weighted by Crippen LogP contribution is -2.04. The Bertz CT molecular complexity index is 273. The smallest absolute Gasteiger partial charge is 0.0547 e. The maximum absolute atomic E-state index is 8.93. The molecule has 1 rings (SSSR count). The molecule has 2 unspecified atom stereocenters. The number of hydrogen-bond acceptors (Lipinski definition) is 3. The van der Waals surface area contributed by atoms with Crippen LogP contribution in [0.25, 0.3) is 0 Å². The van der Waals surface area contributed by atoms with Crippen LogP contribution in [0.3, 0.4) is 0 Å². The highest BCUT2D eigenvalue weighted by Gasteiger charge is 2.09. The van der Waals surface area contributed by atoms with Gasteiger partial charge in [-0.1, -0.05) is 19.1 Å². The highest BCUT2D eigenvalue weighted by Crippen LogP contribution is 2.31. The summed E-state index contributed by atoms with van der Waals surface area (Å²) in [6.07, 6.45) is 0. The Labute approximate surface area is 89.5 Å². The molecule has 3 N–H and O–H groups in total. The van der Waals surface area contributed by atoms with E-state index in [1.165, 1.54) is 5.56 Å². The van der Waals surface area contributed by atoms with Gasteiger partial charge in [-0.25, -0.2) is 0 Å². The molecule has 0 aromatic heterocycles. The predicted octanol–water partition coefficient (Wildman–Crippen LogP) is 2.44. The monoisotopic (exact) mass is 211 g/mol. The molecule has 3 heteroatoms. The minimum absolute atomic E-state index is 0.226. The Morgan fingerprint density at radius 1 is 1.29 bits per heavy atom. The van der Waals surface area contributed by atoms with E-state index in [4.69, 9.17) is 10.8 Å². The Balaban J connectivity index is 2.60. The van der Waals surface area contributed by atoms with E-state index < -0.39 is 0 Å². The second kappa shape index (κ2) is 5.27. The van der Waals surface area contributed by atoms with E-state index in [2.05, 4.69) is 6.92 Å². The van der Waals surface area contributed by atoms with Gasteiger partial charge in [0.05, 0.1) is 6.61 Å². The number of nitrogens with two attached hydrogens (primary N) is 1. The zero-order valence-corrected chi connectivity index (χ0v) is 9.42. The molecule has 0 radical (unpaired) electrons. The summed E-state index contributed by atoms with van der Waals surface area (Å²) in [6, 6.07) is 7.90. The molecule has 0 bridgehead atoms. The average molecular weight is 211 g/mol. The Morgan fingerprint density at radius 2 is 1.86 bits per heavy atom. The van der Waals surface area contributed by atoms with Crippen molar-refractivity contribution in [2.45, 2.75) is 24.3 Å². The van der Waals surface area contributed by atoms with E-state index in [1.807, 2.05) is 31.2 Å². The minimum Gasteiger partial charge on any atom is -0.399 e. The Hall–Kier alpha value is -0.670. The lowest BCUT2D eigenvalue weighted by Gasteiger charge is -2.15. The van der Waals surface area contributed by atoms with Gasteiger partial charge in [0, 0.05) is 16.2 Å². The molecule has 2 atom stereocenters. The molecule has 78 valence electrons. The molecule has 0 heterocycles. The van der Waals surface area contributed by atoms with Crippen LogP contribution in [-0.2, 0) is 0 Å². The molecule has 1 aromatic rings. The molecule has 0 amide bonds. The van der Waals surface area contributed by atoms with Gasteiger partial charge in [0.15, 0.2) is 0 Å². The normalized spacial score (nSPS) is 15.1. The van der Waals surface area contributed by atoms with Gasteiger partial charge in [0.25, 0.3) is 0 Å². The third-order valence-corrected chi connectivity index (χ3v) is 3.39. The highest BCUT2D eigenvalue weighted by atomic mass is 32.2. The summed E-state index contributed by atoms with van der Waals surface area (Å²) in [7, 11) is 0. The van der Waals surface area contributed by atoms with E-state index in [9.17, 15) is 0 Å². The van der Waals surface area contributed by atoms with Crippen molar-refractivity contribution in [3.8, 4) is 0 Å². The summed E-state index contributed by atoms with van der Waals surface area (Å²) in [5, 5.41) is 9.61. The topological polar surface area (TPSA) is 46.2 Å². The van der Waals surface area contributed by atoms with Crippen LogP contribution in [-0.4, -0.2) is 17.0 Å². The van der Waals surface area contributed by atoms with E-state index >= 15 is 0 Å². The maximum atomic E-state index is 8.93. The zero-order valence-electron chi connectivity index (χ0n) is 8.60. The third kappa shape index (κ3) is 3.24. The maximum Gasteiger partial charge on any atom is 0.0547 e. The number of benzene rings is 1. The van der Waals surface area contributed by atoms with Crippen molar-refractivity contribution < 1.29 is 5.11 Å². The zero-order chi connectivity index (χ0) is 10.6. The van der Waals surface area contributed by atoms with Crippen LogP contribution < -0.4 is 5.73 Å². The van der Waals surface area contributed by atoms with Crippen molar-refractivity contribution in [1.82, 2.24) is 0 Å². The number of anilines is 1. The van der Waals surface area contributed by atoms with Crippen LogP contribution >= 0.6 is 11.8 Å². The molecule has 0 aliphatic carbocycles. The number of nitrogen functional groups attached to an aromatic ring is 1. The fourth-order valence-corrected chi connectivity index (χ4v) is 2.33. The minimum atomic E-state index is 0.226. The molecule has 0 fully saturated rings. The average Bonchev–Trinajstić information content (AvgIpc) is 2.18. The molecular weight excluding hydrogens is 194 g/mol. The van der Waals surface area contributed by atoms with Gasteiger partial charge in [-0.2, -0.15) is 0 Å². The molecule has 0 spiro atoms. The van der Waals surface area contributed by atoms with E-state index in [1.54, 1.807) is 11.8 Å². The van der Waals surface area contributed by atoms with Crippen LogP contribution in [0, 0.1) is 0 Å². The summed E-state index contributed by atoms with van der Waals surface area (Å²) in [6.45, 7) is 4.39. The first kappa shape index (κ1) is 11.4. The van der Waals surface area contributed by atoms with Crippen LogP contribution in [0.2, 0.25) is 0 Å². The molecular formula is C11H17NOS. The van der Waals surface area contributed by atoms with Crippen LogP contribution in [0.4, 0.5) is 5.69 Å². The SMILES string of the molecule is CC(CO)SC(C)c1ccc(N)cc1. The Kier molecular flexibility index (Phi) is 4.29. The van der Waals surface area contributed by atoms with Gasteiger partial charge in [0.1, 0.15) is 0 Å². The summed E-state index contributed by atoms with van der Waals surface area (Å²) in [4.78, 5) is 0. The Morgan fingerprint density at radius 3 is 2.36 bits per heavy atom. The van der Waals surface area contributed by atoms with E-state index in [0.717, 1.165) is 5.69 Å². The number of rotatable bonds is 4. The van der Waals surface area contributed by atoms with Crippen LogP contribution in [0.5, 0.6) is 0 Å². The van der Waals surface area contributed by atoms with Gasteiger partial charge in [0.2, 0.25) is 0 Å². The summed E-state index contributed by atoms with van der Waals surface area (Å²) in [5.41, 5.74) is 7.65. The molecule has 14 heavy (non-hydrogen) atoms. The second-order valence-electron chi connectivity index (χ2n) is 3.44. The van der Waals surface area contributed by atoms with Crippen LogP contribution in [0.1, 0.15) is 24.7 Å². The molecule has 0 saturated carbocycles. The van der Waals surface area contributed by atoms with Crippen molar-refractivity contribution in [1.29, 1.82) is 0 Å². The van der Waals surface area contributed by atoms with Gasteiger partial charge in [-0.15, -0.1) is 11.8 Å². The van der Waals surface area contributed by atoms with Gasteiger partial charge < -0.3 is 10.8 Å². The number of thioether (sulfide) groups is 1. The number of aliphatic hydroxyl groups is 1. The molecule has 0 aliphatic heterocycles. The molecule has 0 aliphatic rings. The van der Waals surface area contributed by atoms with Crippen molar-refractivity contribution >= 4 is 17.4 Å². The van der Waals surface area contributed by atoms with Crippen LogP contribution in [0.15, 0.2) is 24.3 Å². The first-order valence-electron chi connectivity index (χ1n) is 4.75. The summed E-state index contributed by atoms with van der Waals surface area (Å²) >= 11 is 1.77. The highest BCUT2D eigenvalue weighted by molar-refractivity contribution is 8.00. The van der Waals surface area contributed by atoms with Gasteiger partial charge >= 0.3 is 0 Å². The molecule has 0 saturated heterocycles. The van der Waals surface area contributed by atoms with Crippen molar-refractivity contribution in [2.24, 2.45) is 0 Å². The third-order valence-electron chi connectivity index (χ3n) is 2.10. The fraction of sp³-hybridized carbons (Fsp3) is 0.455. The largest absolute Gasteiger partial charge is 0.399 e. The van der Waals surface area contributed by atoms with Crippen molar-refractivity contribution in [3.63, 3.8) is 0 Å². The first-order chi connectivity index (χ1) is 6.63. The first-order valence-corrected chi connectivity index (χ1v) is 5.69. The molecule has 1 aromatic carbocycles. The standard InChI is InChI=1S/C11H17NOS/c1-8(7-13)14-9(2)10-3-5-11(12)6-4-10/h3-6,8-9,13H,7,12H2,1-2H3. The van der Waals surface area contributed by atoms with Gasteiger partial charge in [-0.05, 0) is 24.6 Å².